The third-order valence-corrected chi connectivity index (χ3v) is 7.45. The smallest absolute Gasteiger partial charge is 0.228 e. The van der Waals surface area contributed by atoms with Gasteiger partial charge in [-0.15, -0.1) is 0 Å². The molecule has 0 N–H and O–H groups in total. The average Bonchev–Trinajstić information content (AvgIpc) is 3.04. The summed E-state index contributed by atoms with van der Waals surface area (Å²) in [6, 6.07) is 6.02. The highest BCUT2D eigenvalue weighted by molar-refractivity contribution is 6.32. The molecule has 2 aromatic rings. The average molecular weight is 513 g/mol. The lowest BCUT2D eigenvalue weighted by Gasteiger charge is -2.42. The molecule has 36 heavy (non-hydrogen) atoms. The molecule has 3 aliphatic rings. The van der Waals surface area contributed by atoms with Crippen LogP contribution in [-0.4, -0.2) is 53.2 Å². The molecule has 1 aliphatic carbocycles. The molecule has 6 nitrogen and oxygen atoms in total. The zero-order valence-corrected chi connectivity index (χ0v) is 21.4. The van der Waals surface area contributed by atoms with E-state index < -0.39 is 11.7 Å². The van der Waals surface area contributed by atoms with E-state index in [4.69, 9.17) is 21.6 Å². The van der Waals surface area contributed by atoms with Crippen LogP contribution in [0.25, 0.3) is 5.57 Å². The van der Waals surface area contributed by atoms with Crippen molar-refractivity contribution in [3.63, 3.8) is 0 Å². The summed E-state index contributed by atoms with van der Waals surface area (Å²) < 4.78 is 28.3. The molecule has 0 aromatic carbocycles. The number of allylic oxidation sites excluding steroid dienone is 6. The molecule has 4 heterocycles. The lowest BCUT2D eigenvalue weighted by molar-refractivity contribution is 0.476. The lowest BCUT2D eigenvalue weighted by Crippen LogP contribution is -2.53. The van der Waals surface area contributed by atoms with Gasteiger partial charge in [0.25, 0.3) is 0 Å². The molecule has 2 aromatic heterocycles. The van der Waals surface area contributed by atoms with Gasteiger partial charge in [0, 0.05) is 62.5 Å². The second kappa shape index (κ2) is 10.5. The molecule has 2 aliphatic heterocycles. The quantitative estimate of drug-likeness (QED) is 0.492. The molecule has 2 saturated heterocycles. The largest absolute Gasteiger partial charge is 0.352 e. The van der Waals surface area contributed by atoms with E-state index in [1.54, 1.807) is 18.3 Å². The number of halogens is 3. The van der Waals surface area contributed by atoms with Crippen molar-refractivity contribution in [2.45, 2.75) is 51.6 Å². The predicted molar refractivity (Wildman–Crippen MR) is 142 cm³/mol. The Kier molecular flexibility index (Phi) is 7.23. The van der Waals surface area contributed by atoms with Gasteiger partial charge in [0.1, 0.15) is 17.5 Å². The van der Waals surface area contributed by atoms with Gasteiger partial charge < -0.3 is 14.7 Å². The molecule has 190 valence electrons. The van der Waals surface area contributed by atoms with Crippen molar-refractivity contribution in [2.24, 2.45) is 0 Å². The molecule has 0 amide bonds. The molecule has 2 atom stereocenters. The first-order valence-corrected chi connectivity index (χ1v) is 13.0. The van der Waals surface area contributed by atoms with Crippen LogP contribution in [0.3, 0.4) is 0 Å². The Balaban J connectivity index is 1.50. The van der Waals surface area contributed by atoms with Gasteiger partial charge in [0.15, 0.2) is 5.83 Å². The van der Waals surface area contributed by atoms with Gasteiger partial charge in [0.2, 0.25) is 5.95 Å². The summed E-state index contributed by atoms with van der Waals surface area (Å²) >= 11 is 6.40. The second-order valence-electron chi connectivity index (χ2n) is 9.71. The maximum atomic E-state index is 14.3. The van der Waals surface area contributed by atoms with Crippen molar-refractivity contribution in [1.82, 2.24) is 15.0 Å². The van der Waals surface area contributed by atoms with Gasteiger partial charge >= 0.3 is 0 Å². The Morgan fingerprint density at radius 2 is 1.89 bits per heavy atom. The molecule has 0 saturated carbocycles. The first-order valence-electron chi connectivity index (χ1n) is 12.6. The van der Waals surface area contributed by atoms with Crippen LogP contribution in [-0.2, 0) is 0 Å². The SMILES string of the molecule is CC1CN(c2ncccc2Cl)CCN1c1cc(C2=CC(F)=C(F)CC=C2)nc(N2CCCCC2C)n1. The predicted octanol–water partition coefficient (Wildman–Crippen LogP) is 6.11. The number of rotatable bonds is 4. The van der Waals surface area contributed by atoms with Crippen LogP contribution in [0, 0.1) is 0 Å². The van der Waals surface area contributed by atoms with Crippen LogP contribution in [0.1, 0.15) is 45.2 Å². The normalized spacial score (nSPS) is 23.1. The van der Waals surface area contributed by atoms with Gasteiger partial charge in [-0.25, -0.2) is 18.7 Å². The Morgan fingerprint density at radius 3 is 2.67 bits per heavy atom. The number of hydrogen-bond acceptors (Lipinski definition) is 6. The van der Waals surface area contributed by atoms with Crippen molar-refractivity contribution < 1.29 is 8.78 Å². The summed E-state index contributed by atoms with van der Waals surface area (Å²) in [6.45, 7) is 7.41. The van der Waals surface area contributed by atoms with E-state index in [9.17, 15) is 8.78 Å². The fraction of sp³-hybridized carbons (Fsp3) is 0.444. The number of piperidine rings is 1. The van der Waals surface area contributed by atoms with Crippen molar-refractivity contribution in [1.29, 1.82) is 0 Å². The van der Waals surface area contributed by atoms with Crippen molar-refractivity contribution in [3.8, 4) is 0 Å². The van der Waals surface area contributed by atoms with Gasteiger partial charge in [-0.1, -0.05) is 23.8 Å². The molecule has 0 radical (unpaired) electrons. The van der Waals surface area contributed by atoms with Crippen molar-refractivity contribution >= 4 is 34.8 Å². The number of piperazine rings is 1. The van der Waals surface area contributed by atoms with Gasteiger partial charge in [-0.2, -0.15) is 4.98 Å². The van der Waals surface area contributed by atoms with Crippen molar-refractivity contribution in [2.75, 3.05) is 40.9 Å². The number of anilines is 3. The first-order chi connectivity index (χ1) is 17.4. The fourth-order valence-electron chi connectivity index (χ4n) is 5.15. The van der Waals surface area contributed by atoms with Crippen LogP contribution >= 0.6 is 11.6 Å². The summed E-state index contributed by atoms with van der Waals surface area (Å²) in [5.74, 6) is 0.599. The Bertz CT molecular complexity index is 1210. The highest BCUT2D eigenvalue weighted by atomic mass is 35.5. The summed E-state index contributed by atoms with van der Waals surface area (Å²) in [5.41, 5.74) is 1.14. The zero-order valence-electron chi connectivity index (χ0n) is 20.7. The van der Waals surface area contributed by atoms with E-state index in [0.29, 0.717) is 28.3 Å². The maximum absolute atomic E-state index is 14.3. The molecule has 0 bridgehead atoms. The highest BCUT2D eigenvalue weighted by Gasteiger charge is 2.29. The minimum Gasteiger partial charge on any atom is -0.352 e. The van der Waals surface area contributed by atoms with E-state index in [0.717, 1.165) is 50.7 Å². The number of hydrogen-bond donors (Lipinski definition) is 0. The monoisotopic (exact) mass is 512 g/mol. The molecule has 2 fully saturated rings. The van der Waals surface area contributed by atoms with Crippen LogP contribution in [0.2, 0.25) is 5.02 Å². The van der Waals surface area contributed by atoms with Gasteiger partial charge in [-0.3, -0.25) is 0 Å². The zero-order chi connectivity index (χ0) is 25.2. The van der Waals surface area contributed by atoms with Gasteiger partial charge in [-0.05, 0) is 51.3 Å². The molecular weight excluding hydrogens is 482 g/mol. The lowest BCUT2D eigenvalue weighted by atomic mass is 10.0. The third-order valence-electron chi connectivity index (χ3n) is 7.15. The molecular formula is C27H31ClF2N6. The minimum absolute atomic E-state index is 0.0606. The van der Waals surface area contributed by atoms with Crippen LogP contribution in [0.15, 0.2) is 54.3 Å². The first kappa shape index (κ1) is 24.7. The fourth-order valence-corrected chi connectivity index (χ4v) is 5.39. The standard InChI is InChI=1S/C27H31ClF2N6/c1-18-7-3-4-12-36(18)27-32-24(20-8-5-10-22(29)23(30)15-20)16-25(33-27)35-14-13-34(17-19(35)2)26-21(28)9-6-11-31-26/h5-6,8-9,11,15-16,18-19H,3-4,7,10,12-14,17H2,1-2H3. The number of aromatic nitrogens is 3. The maximum Gasteiger partial charge on any atom is 0.228 e. The third kappa shape index (κ3) is 5.09. The summed E-state index contributed by atoms with van der Waals surface area (Å²) in [5, 5.41) is 0.637. The molecule has 0 spiro atoms. The molecule has 2 unspecified atom stereocenters. The molecule has 5 rings (SSSR count). The summed E-state index contributed by atoms with van der Waals surface area (Å²) in [7, 11) is 0. The van der Waals surface area contributed by atoms with Crippen LogP contribution in [0.5, 0.6) is 0 Å². The Morgan fingerprint density at radius 1 is 1.03 bits per heavy atom. The Hall–Kier alpha value is -3.00. The number of pyridine rings is 1. The van der Waals surface area contributed by atoms with Crippen LogP contribution in [0.4, 0.5) is 26.4 Å². The summed E-state index contributed by atoms with van der Waals surface area (Å²) in [6.07, 6.45) is 9.65. The van der Waals surface area contributed by atoms with Gasteiger partial charge in [0.05, 0.1) is 10.7 Å². The van der Waals surface area contributed by atoms with Crippen LogP contribution < -0.4 is 14.7 Å². The van der Waals surface area contributed by atoms with E-state index in [2.05, 4.69) is 33.5 Å². The summed E-state index contributed by atoms with van der Waals surface area (Å²) in [4.78, 5) is 21.0. The van der Waals surface area contributed by atoms with Crippen molar-refractivity contribution in [3.05, 3.63) is 65.0 Å². The minimum atomic E-state index is -0.850. The topological polar surface area (TPSA) is 48.4 Å². The van der Waals surface area contributed by atoms with E-state index >= 15 is 0 Å². The Labute approximate surface area is 216 Å². The molecule has 9 heteroatoms. The van der Waals surface area contributed by atoms with E-state index in [1.165, 1.54) is 12.5 Å². The van der Waals surface area contributed by atoms with E-state index in [1.807, 2.05) is 18.2 Å². The highest BCUT2D eigenvalue weighted by Crippen LogP contribution is 2.32. The number of nitrogens with zero attached hydrogens (tertiary/aromatic N) is 6. The van der Waals surface area contributed by atoms with E-state index in [-0.39, 0.29) is 12.5 Å². The second-order valence-corrected chi connectivity index (χ2v) is 10.1.